The Labute approximate surface area is 240 Å². The summed E-state index contributed by atoms with van der Waals surface area (Å²) in [5, 5.41) is 5.90. The molecular formula is C34H24N6O2. The Hall–Kier alpha value is -6.02. The Balaban J connectivity index is 1.17. The number of carbonyl (C=O) groups excluding carboxylic acids is 2. The van der Waals surface area contributed by atoms with Gasteiger partial charge in [0.1, 0.15) is 11.6 Å². The highest BCUT2D eigenvalue weighted by Gasteiger charge is 2.16. The lowest BCUT2D eigenvalue weighted by Crippen LogP contribution is -2.11. The number of aromatic amines is 2. The van der Waals surface area contributed by atoms with Gasteiger partial charge in [-0.2, -0.15) is 0 Å². The molecule has 8 nitrogen and oxygen atoms in total. The quantitative estimate of drug-likeness (QED) is 0.175. The van der Waals surface area contributed by atoms with Crippen LogP contribution in [0.1, 0.15) is 20.7 Å². The number of carbonyl (C=O) groups is 2. The summed E-state index contributed by atoms with van der Waals surface area (Å²) in [6.07, 6.45) is 0. The van der Waals surface area contributed by atoms with Crippen LogP contribution in [0, 0.1) is 0 Å². The minimum atomic E-state index is -0.173. The zero-order valence-electron chi connectivity index (χ0n) is 22.3. The van der Waals surface area contributed by atoms with E-state index in [1.807, 2.05) is 97.1 Å². The Morgan fingerprint density at radius 3 is 1.33 bits per heavy atom. The van der Waals surface area contributed by atoms with Gasteiger partial charge in [-0.3, -0.25) is 9.59 Å². The van der Waals surface area contributed by atoms with E-state index in [2.05, 4.69) is 20.6 Å². The molecule has 0 radical (unpaired) electrons. The summed E-state index contributed by atoms with van der Waals surface area (Å²) < 4.78 is 0. The first-order valence-electron chi connectivity index (χ1n) is 13.4. The molecule has 0 fully saturated rings. The number of hydrogen-bond acceptors (Lipinski definition) is 4. The number of aromatic nitrogens is 4. The van der Waals surface area contributed by atoms with E-state index in [1.165, 1.54) is 0 Å². The van der Waals surface area contributed by atoms with Crippen LogP contribution < -0.4 is 10.6 Å². The zero-order chi connectivity index (χ0) is 28.5. The highest BCUT2D eigenvalue weighted by Crippen LogP contribution is 2.32. The summed E-state index contributed by atoms with van der Waals surface area (Å²) in [5.41, 5.74) is 7.44. The van der Waals surface area contributed by atoms with Gasteiger partial charge in [-0.25, -0.2) is 9.97 Å². The molecule has 8 heteroatoms. The first kappa shape index (κ1) is 25.0. The van der Waals surface area contributed by atoms with E-state index in [4.69, 9.17) is 9.97 Å². The van der Waals surface area contributed by atoms with Crippen LogP contribution in [0.5, 0.6) is 0 Å². The summed E-state index contributed by atoms with van der Waals surface area (Å²) in [6, 6.07) is 37.3. The third kappa shape index (κ3) is 4.89. The number of imidazole rings is 2. The van der Waals surface area contributed by atoms with E-state index in [9.17, 15) is 9.59 Å². The molecule has 0 saturated carbocycles. The Kier molecular flexibility index (Phi) is 6.25. The Morgan fingerprint density at radius 1 is 0.500 bits per heavy atom. The number of nitrogens with one attached hydrogen (secondary N) is 4. The van der Waals surface area contributed by atoms with Crippen molar-refractivity contribution in [2.24, 2.45) is 0 Å². The second-order valence-corrected chi connectivity index (χ2v) is 9.82. The lowest BCUT2D eigenvalue weighted by Gasteiger charge is -2.05. The van der Waals surface area contributed by atoms with Crippen molar-refractivity contribution < 1.29 is 9.59 Å². The predicted octanol–water partition coefficient (Wildman–Crippen LogP) is 7.28. The number of amides is 2. The monoisotopic (exact) mass is 548 g/mol. The second-order valence-electron chi connectivity index (χ2n) is 9.82. The molecule has 0 bridgehead atoms. The molecule has 2 heterocycles. The molecule has 0 aliphatic carbocycles. The number of H-pyrrole nitrogens is 2. The normalized spacial score (nSPS) is 11.0. The van der Waals surface area contributed by atoms with Gasteiger partial charge < -0.3 is 20.6 Å². The first-order valence-corrected chi connectivity index (χ1v) is 13.4. The molecule has 2 amide bonds. The average Bonchev–Trinajstić information content (AvgIpc) is 3.66. The largest absolute Gasteiger partial charge is 0.338 e. The first-order chi connectivity index (χ1) is 20.6. The fourth-order valence-corrected chi connectivity index (χ4v) is 4.91. The minimum Gasteiger partial charge on any atom is -0.338 e. The third-order valence-corrected chi connectivity index (χ3v) is 6.99. The van der Waals surface area contributed by atoms with Gasteiger partial charge in [-0.05, 0) is 60.7 Å². The van der Waals surface area contributed by atoms with Crippen molar-refractivity contribution in [3.8, 4) is 22.8 Å². The van der Waals surface area contributed by atoms with Crippen molar-refractivity contribution in [3.05, 3.63) is 132 Å². The Morgan fingerprint density at radius 2 is 0.905 bits per heavy atom. The topological polar surface area (TPSA) is 116 Å². The molecule has 42 heavy (non-hydrogen) atoms. The van der Waals surface area contributed by atoms with Crippen LogP contribution in [0.25, 0.3) is 44.8 Å². The zero-order valence-corrected chi connectivity index (χ0v) is 22.3. The number of fused-ring (bicyclic) bond motifs is 2. The summed E-state index contributed by atoms with van der Waals surface area (Å²) in [5.74, 6) is 1.02. The van der Waals surface area contributed by atoms with Gasteiger partial charge >= 0.3 is 0 Å². The van der Waals surface area contributed by atoms with Gasteiger partial charge in [0.2, 0.25) is 0 Å². The number of anilines is 2. The summed E-state index contributed by atoms with van der Waals surface area (Å²) in [7, 11) is 0. The lowest BCUT2D eigenvalue weighted by atomic mass is 10.1. The average molecular weight is 549 g/mol. The van der Waals surface area contributed by atoms with Gasteiger partial charge in [0, 0.05) is 33.6 Å². The van der Waals surface area contributed by atoms with Crippen molar-refractivity contribution in [2.45, 2.75) is 0 Å². The van der Waals surface area contributed by atoms with Crippen LogP contribution >= 0.6 is 0 Å². The molecule has 0 atom stereocenters. The molecule has 7 rings (SSSR count). The van der Waals surface area contributed by atoms with Crippen LogP contribution in [0.2, 0.25) is 0 Å². The summed E-state index contributed by atoms with van der Waals surface area (Å²) in [6.45, 7) is 0. The van der Waals surface area contributed by atoms with Crippen molar-refractivity contribution in [2.75, 3.05) is 10.6 Å². The number of rotatable bonds is 6. The molecule has 7 aromatic rings. The second kappa shape index (κ2) is 10.5. The van der Waals surface area contributed by atoms with Crippen LogP contribution in [0.3, 0.4) is 0 Å². The molecule has 202 valence electrons. The highest BCUT2D eigenvalue weighted by atomic mass is 16.2. The van der Waals surface area contributed by atoms with Gasteiger partial charge in [0.15, 0.2) is 0 Å². The van der Waals surface area contributed by atoms with Gasteiger partial charge in [0.05, 0.1) is 22.1 Å². The number of benzene rings is 5. The SMILES string of the molecule is O=C(Nc1ccc2nc(-c3ccccc3-c3nc4ccc(NC(=O)c5ccccc5)cc4[nH]3)[nH]c2c1)c1ccccc1. The Bertz CT molecular complexity index is 1930. The number of nitrogens with zero attached hydrogens (tertiary/aromatic N) is 2. The molecule has 0 aliphatic heterocycles. The van der Waals surface area contributed by atoms with Crippen LogP contribution in [-0.2, 0) is 0 Å². The standard InChI is InChI=1S/C34H24N6O2/c41-33(21-9-3-1-4-10-21)35-23-15-17-27-29(19-23)39-31(37-27)25-13-7-8-14-26(25)32-38-28-18-16-24(20-30(28)40-32)36-34(42)22-11-5-2-6-12-22/h1-20H,(H,35,41)(H,36,42)(H,37,39)(H,38,40). The van der Waals surface area contributed by atoms with Crippen molar-refractivity contribution >= 4 is 45.3 Å². The van der Waals surface area contributed by atoms with E-state index in [1.54, 1.807) is 24.3 Å². The summed E-state index contributed by atoms with van der Waals surface area (Å²) in [4.78, 5) is 41.7. The lowest BCUT2D eigenvalue weighted by molar-refractivity contribution is 0.101. The minimum absolute atomic E-state index is 0.173. The van der Waals surface area contributed by atoms with E-state index in [0.717, 1.165) is 33.2 Å². The van der Waals surface area contributed by atoms with E-state index < -0.39 is 0 Å². The van der Waals surface area contributed by atoms with Crippen LogP contribution in [-0.4, -0.2) is 31.8 Å². The van der Waals surface area contributed by atoms with Crippen LogP contribution in [0.4, 0.5) is 11.4 Å². The van der Waals surface area contributed by atoms with E-state index in [0.29, 0.717) is 34.2 Å². The molecule has 0 unspecified atom stereocenters. The molecule has 2 aromatic heterocycles. The van der Waals surface area contributed by atoms with Crippen LogP contribution in [0.15, 0.2) is 121 Å². The van der Waals surface area contributed by atoms with Crippen molar-refractivity contribution in [1.82, 2.24) is 19.9 Å². The van der Waals surface area contributed by atoms with Gasteiger partial charge in [-0.1, -0.05) is 60.7 Å². The highest BCUT2D eigenvalue weighted by molar-refractivity contribution is 6.06. The maximum Gasteiger partial charge on any atom is 0.255 e. The fourth-order valence-electron chi connectivity index (χ4n) is 4.91. The maximum absolute atomic E-state index is 12.6. The smallest absolute Gasteiger partial charge is 0.255 e. The molecule has 4 N–H and O–H groups in total. The van der Waals surface area contributed by atoms with Crippen molar-refractivity contribution in [3.63, 3.8) is 0 Å². The number of hydrogen-bond donors (Lipinski definition) is 4. The molecule has 0 saturated heterocycles. The maximum atomic E-state index is 12.6. The third-order valence-electron chi connectivity index (χ3n) is 6.99. The van der Waals surface area contributed by atoms with Gasteiger partial charge in [0.25, 0.3) is 11.8 Å². The van der Waals surface area contributed by atoms with E-state index in [-0.39, 0.29) is 11.8 Å². The molecular weight excluding hydrogens is 524 g/mol. The fraction of sp³-hybridized carbons (Fsp3) is 0. The molecule has 0 spiro atoms. The molecule has 0 aliphatic rings. The van der Waals surface area contributed by atoms with Gasteiger partial charge in [-0.15, -0.1) is 0 Å². The predicted molar refractivity (Wildman–Crippen MR) is 165 cm³/mol. The van der Waals surface area contributed by atoms with Crippen molar-refractivity contribution in [1.29, 1.82) is 0 Å². The summed E-state index contributed by atoms with van der Waals surface area (Å²) >= 11 is 0. The molecule has 5 aromatic carbocycles. The van der Waals surface area contributed by atoms with E-state index >= 15 is 0 Å².